The summed E-state index contributed by atoms with van der Waals surface area (Å²) in [7, 11) is 0. The van der Waals surface area contributed by atoms with Gasteiger partial charge in [-0.25, -0.2) is 0 Å². The van der Waals surface area contributed by atoms with Gasteiger partial charge < -0.3 is 9.80 Å². The highest BCUT2D eigenvalue weighted by Crippen LogP contribution is 2.33. The summed E-state index contributed by atoms with van der Waals surface area (Å²) in [5.74, 6) is 0.360. The Bertz CT molecular complexity index is 957. The lowest BCUT2D eigenvalue weighted by molar-refractivity contribution is -0.121. The van der Waals surface area contributed by atoms with E-state index in [1.165, 1.54) is 11.1 Å². The van der Waals surface area contributed by atoms with Gasteiger partial charge in [-0.1, -0.05) is 36.4 Å². The Labute approximate surface area is 196 Å². The Morgan fingerprint density at radius 2 is 1.12 bits per heavy atom. The lowest BCUT2D eigenvalue weighted by Gasteiger charge is -2.28. The molecule has 2 atom stereocenters. The summed E-state index contributed by atoms with van der Waals surface area (Å²) >= 11 is 0. The summed E-state index contributed by atoms with van der Waals surface area (Å²) in [6, 6.07) is 16.9. The maximum absolute atomic E-state index is 13.2. The first-order valence-electron chi connectivity index (χ1n) is 12.3. The molecule has 0 N–H and O–H groups in total. The molecule has 2 aromatic carbocycles. The zero-order chi connectivity index (χ0) is 22.9. The van der Waals surface area contributed by atoms with Gasteiger partial charge in [-0.15, -0.1) is 0 Å². The van der Waals surface area contributed by atoms with E-state index in [-0.39, 0.29) is 23.9 Å². The van der Waals surface area contributed by atoms with Gasteiger partial charge in [0, 0.05) is 36.5 Å². The van der Waals surface area contributed by atoms with E-state index >= 15 is 0 Å². The molecule has 6 nitrogen and oxygen atoms in total. The van der Waals surface area contributed by atoms with Crippen LogP contribution >= 0.6 is 0 Å². The normalized spacial score (nSPS) is 23.3. The van der Waals surface area contributed by atoms with Crippen LogP contribution in [0.15, 0.2) is 48.5 Å². The highest BCUT2D eigenvalue weighted by atomic mass is 16.2. The number of fused-ring (bicyclic) bond motifs is 2. The Kier molecular flexibility index (Phi) is 6.21. The molecule has 3 heterocycles. The van der Waals surface area contributed by atoms with Gasteiger partial charge in [0.15, 0.2) is 0 Å². The molecule has 3 aliphatic heterocycles. The lowest BCUT2D eigenvalue weighted by Crippen LogP contribution is -2.45. The van der Waals surface area contributed by atoms with Crippen molar-refractivity contribution >= 4 is 23.2 Å². The van der Waals surface area contributed by atoms with Gasteiger partial charge in [-0.2, -0.15) is 0 Å². The van der Waals surface area contributed by atoms with E-state index in [9.17, 15) is 9.59 Å². The average molecular weight is 447 g/mol. The molecule has 174 valence electrons. The van der Waals surface area contributed by atoms with Crippen molar-refractivity contribution in [2.24, 2.45) is 0 Å². The number of hydrogen-bond acceptors (Lipinski definition) is 4. The molecule has 0 aliphatic carbocycles. The van der Waals surface area contributed by atoms with Crippen LogP contribution < -0.4 is 9.80 Å². The number of para-hydroxylation sites is 2. The monoisotopic (exact) mass is 446 g/mol. The van der Waals surface area contributed by atoms with Gasteiger partial charge in [-0.05, 0) is 69.5 Å². The van der Waals surface area contributed by atoms with E-state index in [0.29, 0.717) is 13.1 Å². The SMILES string of the molecule is C[C@@H]1Cc2ccccc2N1C(=O)CN1CCCN(CC(=O)N2c3ccccc3C[C@H]2C)CC1. The standard InChI is InChI=1S/C27H34N4O2/c1-20-16-22-8-3-5-10-24(22)30(20)26(32)18-28-12-7-13-29(15-14-28)19-27(33)31-21(2)17-23-9-4-6-11-25(23)31/h3-6,8-11,20-21H,7,12-19H2,1-2H3/t20-,21-/m1/s1. The molecule has 6 heteroatoms. The first kappa shape index (κ1) is 22.1. The van der Waals surface area contributed by atoms with Crippen molar-refractivity contribution in [3.63, 3.8) is 0 Å². The molecule has 2 amide bonds. The van der Waals surface area contributed by atoms with Crippen molar-refractivity contribution in [3.05, 3.63) is 59.7 Å². The topological polar surface area (TPSA) is 47.1 Å². The summed E-state index contributed by atoms with van der Waals surface area (Å²) in [6.45, 7) is 8.56. The smallest absolute Gasteiger partial charge is 0.241 e. The third-order valence-electron chi connectivity index (χ3n) is 7.35. The summed E-state index contributed by atoms with van der Waals surface area (Å²) in [4.78, 5) is 34.9. The number of benzene rings is 2. The second-order valence-corrected chi connectivity index (χ2v) is 9.80. The predicted molar refractivity (Wildman–Crippen MR) is 132 cm³/mol. The summed E-state index contributed by atoms with van der Waals surface area (Å²) < 4.78 is 0. The second kappa shape index (κ2) is 9.27. The van der Waals surface area contributed by atoms with E-state index in [0.717, 1.165) is 56.8 Å². The first-order chi connectivity index (χ1) is 16.0. The van der Waals surface area contributed by atoms with E-state index in [4.69, 9.17) is 0 Å². The predicted octanol–water partition coefficient (Wildman–Crippen LogP) is 2.95. The Morgan fingerprint density at radius 1 is 0.697 bits per heavy atom. The molecule has 0 saturated carbocycles. The molecule has 2 aromatic rings. The first-order valence-corrected chi connectivity index (χ1v) is 12.3. The van der Waals surface area contributed by atoms with Crippen molar-refractivity contribution in [1.29, 1.82) is 0 Å². The van der Waals surface area contributed by atoms with Crippen molar-refractivity contribution in [2.75, 3.05) is 49.1 Å². The maximum atomic E-state index is 13.2. The highest BCUT2D eigenvalue weighted by Gasteiger charge is 2.33. The molecule has 1 fully saturated rings. The van der Waals surface area contributed by atoms with Crippen LogP contribution in [0, 0.1) is 0 Å². The molecule has 33 heavy (non-hydrogen) atoms. The quantitative estimate of drug-likeness (QED) is 0.725. The summed E-state index contributed by atoms with van der Waals surface area (Å²) in [5.41, 5.74) is 4.65. The van der Waals surface area contributed by atoms with Crippen LogP contribution in [0.4, 0.5) is 11.4 Å². The Hall–Kier alpha value is -2.70. The molecule has 0 spiro atoms. The van der Waals surface area contributed by atoms with Crippen molar-refractivity contribution in [3.8, 4) is 0 Å². The van der Waals surface area contributed by atoms with Crippen LogP contribution in [-0.4, -0.2) is 73.0 Å². The molecule has 1 saturated heterocycles. The molecular formula is C27H34N4O2. The lowest BCUT2D eigenvalue weighted by atomic mass is 10.1. The number of amides is 2. The molecular weight excluding hydrogens is 412 g/mol. The summed E-state index contributed by atoms with van der Waals surface area (Å²) in [5, 5.41) is 0. The largest absolute Gasteiger partial charge is 0.308 e. The van der Waals surface area contributed by atoms with Gasteiger partial charge in [-0.3, -0.25) is 19.4 Å². The Morgan fingerprint density at radius 3 is 1.58 bits per heavy atom. The van der Waals surface area contributed by atoms with Gasteiger partial charge in [0.2, 0.25) is 11.8 Å². The Balaban J connectivity index is 1.17. The van der Waals surface area contributed by atoms with Gasteiger partial charge in [0.1, 0.15) is 0 Å². The maximum Gasteiger partial charge on any atom is 0.241 e. The molecule has 0 radical (unpaired) electrons. The third-order valence-corrected chi connectivity index (χ3v) is 7.35. The number of rotatable bonds is 4. The van der Waals surface area contributed by atoms with Crippen LogP contribution in [0.1, 0.15) is 31.4 Å². The highest BCUT2D eigenvalue weighted by molar-refractivity contribution is 5.98. The van der Waals surface area contributed by atoms with E-state index < -0.39 is 0 Å². The van der Waals surface area contributed by atoms with Crippen molar-refractivity contribution in [2.45, 2.75) is 45.2 Å². The third kappa shape index (κ3) is 4.42. The van der Waals surface area contributed by atoms with Crippen LogP contribution in [0.25, 0.3) is 0 Å². The van der Waals surface area contributed by atoms with Crippen LogP contribution in [0.2, 0.25) is 0 Å². The number of anilines is 2. The number of carbonyl (C=O) groups is 2. The zero-order valence-corrected chi connectivity index (χ0v) is 19.7. The van der Waals surface area contributed by atoms with Gasteiger partial charge >= 0.3 is 0 Å². The number of carbonyl (C=O) groups excluding carboxylic acids is 2. The van der Waals surface area contributed by atoms with Crippen LogP contribution in [0.5, 0.6) is 0 Å². The molecule has 0 aromatic heterocycles. The summed E-state index contributed by atoms with van der Waals surface area (Å²) in [6.07, 6.45) is 2.82. The molecule has 3 aliphatic rings. The molecule has 5 rings (SSSR count). The van der Waals surface area contributed by atoms with Gasteiger partial charge in [0.05, 0.1) is 13.1 Å². The fraction of sp³-hybridized carbons (Fsp3) is 0.481. The van der Waals surface area contributed by atoms with E-state index in [1.54, 1.807) is 0 Å². The minimum atomic E-state index is 0.180. The van der Waals surface area contributed by atoms with E-state index in [2.05, 4.69) is 47.9 Å². The van der Waals surface area contributed by atoms with Crippen LogP contribution in [-0.2, 0) is 22.4 Å². The van der Waals surface area contributed by atoms with Crippen molar-refractivity contribution in [1.82, 2.24) is 9.80 Å². The molecule has 0 bridgehead atoms. The number of hydrogen-bond donors (Lipinski definition) is 0. The van der Waals surface area contributed by atoms with Crippen molar-refractivity contribution < 1.29 is 9.59 Å². The van der Waals surface area contributed by atoms with Gasteiger partial charge in [0.25, 0.3) is 0 Å². The number of nitrogens with zero attached hydrogens (tertiary/aromatic N) is 4. The average Bonchev–Trinajstić information content (AvgIpc) is 3.22. The minimum absolute atomic E-state index is 0.180. The second-order valence-electron chi connectivity index (χ2n) is 9.80. The van der Waals surface area contributed by atoms with Crippen LogP contribution in [0.3, 0.4) is 0 Å². The minimum Gasteiger partial charge on any atom is -0.308 e. The fourth-order valence-electron chi connectivity index (χ4n) is 5.77. The molecule has 0 unspecified atom stereocenters. The zero-order valence-electron chi connectivity index (χ0n) is 19.7. The fourth-order valence-corrected chi connectivity index (χ4v) is 5.77. The van der Waals surface area contributed by atoms with E-state index in [1.807, 2.05) is 34.1 Å².